The molecule has 0 radical (unpaired) electrons. The Hall–Kier alpha value is -2.64. The van der Waals surface area contributed by atoms with Gasteiger partial charge < -0.3 is 9.98 Å². The first kappa shape index (κ1) is 22.1. The van der Waals surface area contributed by atoms with Gasteiger partial charge in [0.15, 0.2) is 11.1 Å². The molecule has 1 aliphatic carbocycles. The number of hydrogen-bond acceptors (Lipinski definition) is 6. The molecule has 4 atom stereocenters. The average Bonchev–Trinajstić information content (AvgIpc) is 2.68. The van der Waals surface area contributed by atoms with Crippen LogP contribution in [0.5, 0.6) is 0 Å². The van der Waals surface area contributed by atoms with E-state index in [0.29, 0.717) is 16.8 Å². The molecule has 10 nitrogen and oxygen atoms in total. The zero-order chi connectivity index (χ0) is 22.0. The van der Waals surface area contributed by atoms with Crippen molar-refractivity contribution in [3.05, 3.63) is 69.4 Å². The van der Waals surface area contributed by atoms with E-state index in [1.807, 2.05) is 26.0 Å². The van der Waals surface area contributed by atoms with E-state index >= 15 is 0 Å². The zero-order valence-corrected chi connectivity index (χ0v) is 17.6. The second kappa shape index (κ2) is 9.02. The number of aryl methyl sites for hydroxylation is 2. The van der Waals surface area contributed by atoms with Crippen molar-refractivity contribution in [3.8, 4) is 0 Å². The van der Waals surface area contributed by atoms with E-state index in [-0.39, 0.29) is 5.70 Å². The van der Waals surface area contributed by atoms with Crippen LogP contribution in [0.4, 0.5) is 11.4 Å². The minimum atomic E-state index is -2.34. The predicted molar refractivity (Wildman–Crippen MR) is 117 cm³/mol. The van der Waals surface area contributed by atoms with Crippen LogP contribution in [0.2, 0.25) is 0 Å². The molecule has 0 amide bonds. The summed E-state index contributed by atoms with van der Waals surface area (Å²) in [6.07, 6.45) is 3.84. The van der Waals surface area contributed by atoms with Crippen molar-refractivity contribution in [2.24, 2.45) is 0 Å². The number of rotatable bonds is 7. The van der Waals surface area contributed by atoms with Crippen molar-refractivity contribution in [2.75, 3.05) is 10.1 Å². The van der Waals surface area contributed by atoms with E-state index in [4.69, 9.17) is 0 Å². The van der Waals surface area contributed by atoms with Gasteiger partial charge in [0.05, 0.1) is 22.3 Å². The zero-order valence-electron chi connectivity index (χ0n) is 16.0. The van der Waals surface area contributed by atoms with Crippen molar-refractivity contribution >= 4 is 44.5 Å². The van der Waals surface area contributed by atoms with Crippen LogP contribution in [0.25, 0.3) is 10.8 Å². The maximum Gasteiger partial charge on any atom is 0.266 e. The maximum absolute atomic E-state index is 11.7. The molecule has 0 saturated heterocycles. The number of hydrogen-bond donors (Lipinski definition) is 5. The number of benzene rings is 2. The van der Waals surface area contributed by atoms with Crippen LogP contribution in [0.3, 0.4) is 0 Å². The van der Waals surface area contributed by atoms with Crippen LogP contribution in [0.1, 0.15) is 11.1 Å². The molecule has 12 heteroatoms. The summed E-state index contributed by atoms with van der Waals surface area (Å²) < 4.78 is 44.4. The molecule has 3 rings (SSSR count). The highest BCUT2D eigenvalue weighted by Crippen LogP contribution is 2.35. The normalized spacial score (nSPS) is 20.5. The van der Waals surface area contributed by atoms with E-state index in [9.17, 15) is 27.6 Å². The first-order valence-corrected chi connectivity index (χ1v) is 11.0. The predicted octanol–water partition coefficient (Wildman–Crippen LogP) is 2.61. The lowest BCUT2D eigenvalue weighted by Gasteiger charge is -2.24. The lowest BCUT2D eigenvalue weighted by Crippen LogP contribution is -2.44. The molecule has 1 aliphatic rings. The molecule has 30 heavy (non-hydrogen) atoms. The Kier molecular flexibility index (Phi) is 6.63. The third-order valence-corrected chi connectivity index (χ3v) is 6.04. The fourth-order valence-electron chi connectivity index (χ4n) is 3.39. The summed E-state index contributed by atoms with van der Waals surface area (Å²) >= 11 is -4.62. The van der Waals surface area contributed by atoms with Crippen molar-refractivity contribution < 1.29 is 22.4 Å². The number of allylic oxidation sites excluding steroid dienone is 1. The highest BCUT2D eigenvalue weighted by atomic mass is 32.2. The summed E-state index contributed by atoms with van der Waals surface area (Å²) in [6.45, 7) is 3.84. The van der Waals surface area contributed by atoms with Crippen LogP contribution < -0.4 is 15.6 Å². The highest BCUT2D eigenvalue weighted by Gasteiger charge is 2.29. The van der Waals surface area contributed by atoms with Crippen LogP contribution in [0.15, 0.2) is 48.2 Å². The lowest BCUT2D eigenvalue weighted by molar-refractivity contribution is -0.419. The summed E-state index contributed by atoms with van der Waals surface area (Å²) in [6, 6.07) is 6.46. The number of fused-ring (bicyclic) bond motifs is 1. The molecule has 2 aromatic carbocycles. The second-order valence-electron chi connectivity index (χ2n) is 6.70. The van der Waals surface area contributed by atoms with Gasteiger partial charge in [-0.25, -0.2) is 13.8 Å². The first-order chi connectivity index (χ1) is 14.2. The topological polar surface area (TPSA) is 154 Å². The largest absolute Gasteiger partial charge is 0.320 e. The molecule has 0 heterocycles. The number of nitrogens with zero attached hydrogens (tertiary/aromatic N) is 1. The minimum Gasteiger partial charge on any atom is -0.320 e. The van der Waals surface area contributed by atoms with Crippen molar-refractivity contribution in [1.82, 2.24) is 5.43 Å². The molecule has 160 valence electrons. The summed E-state index contributed by atoms with van der Waals surface area (Å²) in [5.41, 5.74) is 8.57. The van der Waals surface area contributed by atoms with Gasteiger partial charge >= 0.3 is 0 Å². The Morgan fingerprint density at radius 1 is 1.03 bits per heavy atom. The van der Waals surface area contributed by atoms with E-state index in [0.717, 1.165) is 22.6 Å². The second-order valence-corrected chi connectivity index (χ2v) is 8.50. The average molecular weight is 453 g/mol. The van der Waals surface area contributed by atoms with Crippen LogP contribution in [-0.4, -0.2) is 33.7 Å². The molecule has 0 saturated carbocycles. The smallest absolute Gasteiger partial charge is 0.266 e. The molecule has 0 bridgehead atoms. The number of hydrazine groups is 1. The number of nitrogens with one attached hydrogen (secondary N) is 3. The van der Waals surface area contributed by atoms with Crippen LogP contribution in [-0.2, 0) is 22.3 Å². The van der Waals surface area contributed by atoms with Gasteiger partial charge in [-0.1, -0.05) is 18.2 Å². The SMILES string of the molecule is Cc1ccc(NNC2C=CC([N+](=O)[O-])=CC2S(=O)O)c2c(NS(=O)O)ccc(C)c12. The maximum atomic E-state index is 11.7. The minimum absolute atomic E-state index is 0.256. The van der Waals surface area contributed by atoms with Gasteiger partial charge in [0.2, 0.25) is 0 Å². The molecule has 0 aliphatic heterocycles. The van der Waals surface area contributed by atoms with Crippen molar-refractivity contribution in [3.63, 3.8) is 0 Å². The van der Waals surface area contributed by atoms with Crippen LogP contribution in [0, 0.1) is 24.0 Å². The Bertz CT molecular complexity index is 1110. The van der Waals surface area contributed by atoms with Crippen molar-refractivity contribution in [2.45, 2.75) is 25.1 Å². The van der Waals surface area contributed by atoms with E-state index in [2.05, 4.69) is 15.6 Å². The van der Waals surface area contributed by atoms with Gasteiger partial charge in [-0.2, -0.15) is 0 Å². The Morgan fingerprint density at radius 2 is 1.67 bits per heavy atom. The third-order valence-electron chi connectivity index (χ3n) is 4.76. The fraction of sp³-hybridized carbons (Fsp3) is 0.222. The van der Waals surface area contributed by atoms with Crippen LogP contribution >= 0.6 is 0 Å². The van der Waals surface area contributed by atoms with Gasteiger partial charge in [0, 0.05) is 17.5 Å². The molecular formula is C18H20N4O6S2. The summed E-state index contributed by atoms with van der Waals surface area (Å²) in [5, 5.41) is 11.5. The molecule has 0 fully saturated rings. The lowest BCUT2D eigenvalue weighted by atomic mass is 9.98. The van der Waals surface area contributed by atoms with Gasteiger partial charge in [-0.05, 0) is 42.5 Å². The third kappa shape index (κ3) is 4.57. The van der Waals surface area contributed by atoms with E-state index in [1.54, 1.807) is 12.1 Å². The van der Waals surface area contributed by atoms with Gasteiger partial charge in [0.1, 0.15) is 5.25 Å². The quantitative estimate of drug-likeness (QED) is 0.244. The van der Waals surface area contributed by atoms with E-state index in [1.165, 1.54) is 12.2 Å². The number of nitro groups is 1. The highest BCUT2D eigenvalue weighted by molar-refractivity contribution is 7.80. The molecular weight excluding hydrogens is 432 g/mol. The monoisotopic (exact) mass is 452 g/mol. The molecule has 0 aromatic heterocycles. The first-order valence-electron chi connectivity index (χ1n) is 8.75. The number of anilines is 2. The molecule has 2 aromatic rings. The molecule has 5 N–H and O–H groups in total. The summed E-state index contributed by atoms with van der Waals surface area (Å²) in [5.74, 6) is 0. The fourth-order valence-corrected chi connectivity index (χ4v) is 4.41. The standard InChI is InChI=1S/C18H20N4O6S2/c1-10-3-6-14(18-15(21-30(27)28)7-4-11(2)17(10)18)20-19-13-8-5-12(22(23)24)9-16(13)29(25)26/h3-9,13,16,19-21H,1-2H3,(H,25,26)(H,27,28). The summed E-state index contributed by atoms with van der Waals surface area (Å²) in [4.78, 5) is 10.3. The van der Waals surface area contributed by atoms with Gasteiger partial charge in [0.25, 0.3) is 17.0 Å². The summed E-state index contributed by atoms with van der Waals surface area (Å²) in [7, 11) is 0. The Balaban J connectivity index is 1.96. The van der Waals surface area contributed by atoms with Gasteiger partial charge in [-0.15, -0.1) is 0 Å². The molecule has 0 spiro atoms. The van der Waals surface area contributed by atoms with Crippen molar-refractivity contribution in [1.29, 1.82) is 0 Å². The van der Waals surface area contributed by atoms with Gasteiger partial charge in [-0.3, -0.25) is 19.4 Å². The molecule has 4 unspecified atom stereocenters. The Labute approximate surface area is 177 Å². The van der Waals surface area contributed by atoms with E-state index < -0.39 is 38.6 Å². The Morgan fingerprint density at radius 3 is 2.23 bits per heavy atom.